The van der Waals surface area contributed by atoms with Crippen LogP contribution in [0.5, 0.6) is 0 Å². The molecule has 0 unspecified atom stereocenters. The SMILES string of the molecule is Cc1cc(Br)c(N)cc1S(=O)(=O)NCCc1ccc(Cl)s1. The van der Waals surface area contributed by atoms with Gasteiger partial charge in [-0.15, -0.1) is 11.3 Å². The highest BCUT2D eigenvalue weighted by atomic mass is 79.9. The lowest BCUT2D eigenvalue weighted by atomic mass is 10.2. The van der Waals surface area contributed by atoms with E-state index in [2.05, 4.69) is 20.7 Å². The zero-order chi connectivity index (χ0) is 15.6. The molecule has 0 saturated heterocycles. The lowest BCUT2D eigenvalue weighted by Gasteiger charge is -2.11. The number of nitrogens with two attached hydrogens (primary N) is 1. The summed E-state index contributed by atoms with van der Waals surface area (Å²) in [5, 5.41) is 0. The van der Waals surface area contributed by atoms with Crippen LogP contribution in [0.2, 0.25) is 4.34 Å². The van der Waals surface area contributed by atoms with Crippen LogP contribution in [-0.2, 0) is 16.4 Å². The third-order valence-corrected chi connectivity index (χ3v) is 6.46. The van der Waals surface area contributed by atoms with Gasteiger partial charge in [-0.25, -0.2) is 13.1 Å². The molecular formula is C13H14BrClN2O2S2. The molecule has 0 radical (unpaired) electrons. The third-order valence-electron chi connectivity index (χ3n) is 2.88. The predicted molar refractivity (Wildman–Crippen MR) is 91.5 cm³/mol. The van der Waals surface area contributed by atoms with Gasteiger partial charge in [0.05, 0.1) is 9.23 Å². The maximum atomic E-state index is 12.3. The summed E-state index contributed by atoms with van der Waals surface area (Å²) in [4.78, 5) is 1.24. The molecule has 3 N–H and O–H groups in total. The summed E-state index contributed by atoms with van der Waals surface area (Å²) in [7, 11) is -3.57. The molecule has 0 aliphatic heterocycles. The Morgan fingerprint density at radius 3 is 2.71 bits per heavy atom. The zero-order valence-electron chi connectivity index (χ0n) is 11.2. The van der Waals surface area contributed by atoms with Crippen LogP contribution in [0, 0.1) is 6.92 Å². The van der Waals surface area contributed by atoms with Crippen molar-refractivity contribution in [1.82, 2.24) is 4.72 Å². The van der Waals surface area contributed by atoms with Crippen molar-refractivity contribution in [1.29, 1.82) is 0 Å². The molecule has 8 heteroatoms. The molecule has 0 bridgehead atoms. The first-order valence-electron chi connectivity index (χ1n) is 6.09. The summed E-state index contributed by atoms with van der Waals surface area (Å²) in [6.07, 6.45) is 0.599. The van der Waals surface area contributed by atoms with E-state index in [9.17, 15) is 8.42 Å². The summed E-state index contributed by atoms with van der Waals surface area (Å²) >= 11 is 10.6. The molecule has 114 valence electrons. The number of thiophene rings is 1. The van der Waals surface area contributed by atoms with Crippen molar-refractivity contribution in [3.63, 3.8) is 0 Å². The average molecular weight is 410 g/mol. The van der Waals surface area contributed by atoms with Crippen LogP contribution in [0.1, 0.15) is 10.4 Å². The van der Waals surface area contributed by atoms with Crippen molar-refractivity contribution in [3.05, 3.63) is 43.5 Å². The molecule has 21 heavy (non-hydrogen) atoms. The van der Waals surface area contributed by atoms with Gasteiger partial charge in [-0.2, -0.15) is 0 Å². The van der Waals surface area contributed by atoms with Gasteiger partial charge in [0.2, 0.25) is 10.0 Å². The molecule has 4 nitrogen and oxygen atoms in total. The average Bonchev–Trinajstić information content (AvgIpc) is 2.79. The van der Waals surface area contributed by atoms with E-state index in [0.717, 1.165) is 4.88 Å². The number of nitrogen functional groups attached to an aromatic ring is 1. The summed E-state index contributed by atoms with van der Waals surface area (Å²) in [5.74, 6) is 0. The smallest absolute Gasteiger partial charge is 0.240 e. The van der Waals surface area contributed by atoms with Crippen LogP contribution in [0.4, 0.5) is 5.69 Å². The third kappa shape index (κ3) is 4.20. The van der Waals surface area contributed by atoms with Crippen molar-refractivity contribution in [2.75, 3.05) is 12.3 Å². The van der Waals surface area contributed by atoms with Gasteiger partial charge in [-0.05, 0) is 59.1 Å². The summed E-state index contributed by atoms with van der Waals surface area (Å²) < 4.78 is 28.6. The Bertz CT molecular complexity index is 760. The molecule has 0 aliphatic rings. The van der Waals surface area contributed by atoms with Crippen LogP contribution < -0.4 is 10.5 Å². The largest absolute Gasteiger partial charge is 0.398 e. The number of hydrogen-bond acceptors (Lipinski definition) is 4. The van der Waals surface area contributed by atoms with E-state index in [-0.39, 0.29) is 4.90 Å². The molecule has 0 aliphatic carbocycles. The molecule has 1 aromatic heterocycles. The first-order chi connectivity index (χ1) is 9.79. The van der Waals surface area contributed by atoms with Gasteiger partial charge in [0, 0.05) is 21.6 Å². The molecule has 0 spiro atoms. The first-order valence-corrected chi connectivity index (χ1v) is 9.56. The van der Waals surface area contributed by atoms with Crippen molar-refractivity contribution >= 4 is 54.6 Å². The van der Waals surface area contributed by atoms with Crippen molar-refractivity contribution in [3.8, 4) is 0 Å². The highest BCUT2D eigenvalue weighted by Gasteiger charge is 2.18. The minimum absolute atomic E-state index is 0.201. The molecule has 1 heterocycles. The Morgan fingerprint density at radius 1 is 1.38 bits per heavy atom. The molecule has 2 aromatic rings. The highest BCUT2D eigenvalue weighted by Crippen LogP contribution is 2.26. The van der Waals surface area contributed by atoms with Crippen LogP contribution >= 0.6 is 38.9 Å². The van der Waals surface area contributed by atoms with Gasteiger partial charge < -0.3 is 5.73 Å². The number of aryl methyl sites for hydroxylation is 1. The Kier molecular flexibility index (Phi) is 5.32. The topological polar surface area (TPSA) is 72.2 Å². The van der Waals surface area contributed by atoms with Gasteiger partial charge in [-0.1, -0.05) is 11.6 Å². The second-order valence-corrected chi connectivity index (χ2v) is 8.88. The second kappa shape index (κ2) is 6.66. The normalized spacial score (nSPS) is 11.8. The van der Waals surface area contributed by atoms with Crippen LogP contribution in [-0.4, -0.2) is 15.0 Å². The monoisotopic (exact) mass is 408 g/mol. The summed E-state index contributed by atoms with van der Waals surface area (Å²) in [5.41, 5.74) is 6.79. The number of anilines is 1. The van der Waals surface area contributed by atoms with E-state index < -0.39 is 10.0 Å². The fourth-order valence-corrected chi connectivity index (χ4v) is 4.67. The Labute approximate surface area is 141 Å². The Hall–Kier alpha value is -0.600. The molecule has 2 rings (SSSR count). The number of nitrogens with one attached hydrogen (secondary N) is 1. The number of halogens is 2. The van der Waals surface area contributed by atoms with E-state index in [0.29, 0.717) is 33.0 Å². The Morgan fingerprint density at radius 2 is 2.10 bits per heavy atom. The van der Waals surface area contributed by atoms with Gasteiger partial charge in [-0.3, -0.25) is 0 Å². The lowest BCUT2D eigenvalue weighted by Crippen LogP contribution is -2.26. The maximum absolute atomic E-state index is 12.3. The van der Waals surface area contributed by atoms with Gasteiger partial charge >= 0.3 is 0 Å². The van der Waals surface area contributed by atoms with Crippen molar-refractivity contribution in [2.45, 2.75) is 18.2 Å². The maximum Gasteiger partial charge on any atom is 0.240 e. The molecule has 1 aromatic carbocycles. The molecule has 0 saturated carbocycles. The van der Waals surface area contributed by atoms with Gasteiger partial charge in [0.1, 0.15) is 0 Å². The van der Waals surface area contributed by atoms with E-state index in [1.54, 1.807) is 19.1 Å². The molecule has 0 atom stereocenters. The van der Waals surface area contributed by atoms with Gasteiger partial charge in [0.15, 0.2) is 0 Å². The standard InChI is InChI=1S/C13H14BrClN2O2S2/c1-8-6-10(14)11(16)7-12(8)21(18,19)17-5-4-9-2-3-13(15)20-9/h2-3,6-7,17H,4-5,16H2,1H3. The zero-order valence-corrected chi connectivity index (χ0v) is 15.2. The van der Waals surface area contributed by atoms with Crippen molar-refractivity contribution < 1.29 is 8.42 Å². The minimum atomic E-state index is -3.57. The van der Waals surface area contributed by atoms with Crippen LogP contribution in [0.3, 0.4) is 0 Å². The number of hydrogen-bond donors (Lipinski definition) is 2. The number of sulfonamides is 1. The second-order valence-electron chi connectivity index (χ2n) is 4.49. The lowest BCUT2D eigenvalue weighted by molar-refractivity contribution is 0.581. The first kappa shape index (κ1) is 16.8. The van der Waals surface area contributed by atoms with E-state index >= 15 is 0 Å². The molecule has 0 amide bonds. The van der Waals surface area contributed by atoms with Crippen LogP contribution in [0.25, 0.3) is 0 Å². The van der Waals surface area contributed by atoms with E-state index in [4.69, 9.17) is 17.3 Å². The molecular weight excluding hydrogens is 396 g/mol. The molecule has 0 fully saturated rings. The quantitative estimate of drug-likeness (QED) is 0.741. The number of rotatable bonds is 5. The van der Waals surface area contributed by atoms with Crippen LogP contribution in [0.15, 0.2) is 33.6 Å². The van der Waals surface area contributed by atoms with E-state index in [1.165, 1.54) is 17.4 Å². The summed E-state index contributed by atoms with van der Waals surface area (Å²) in [6.45, 7) is 2.05. The Balaban J connectivity index is 2.10. The summed E-state index contributed by atoms with van der Waals surface area (Å²) in [6, 6.07) is 6.85. The van der Waals surface area contributed by atoms with Gasteiger partial charge in [0.25, 0.3) is 0 Å². The fraction of sp³-hybridized carbons (Fsp3) is 0.231. The fourth-order valence-electron chi connectivity index (χ4n) is 1.83. The highest BCUT2D eigenvalue weighted by molar-refractivity contribution is 9.10. The van der Waals surface area contributed by atoms with E-state index in [1.807, 2.05) is 6.07 Å². The minimum Gasteiger partial charge on any atom is -0.398 e. The predicted octanol–water partition coefficient (Wildman–Crippen LogP) is 3.58. The number of benzene rings is 1. The van der Waals surface area contributed by atoms with Crippen molar-refractivity contribution in [2.24, 2.45) is 0 Å².